The van der Waals surface area contributed by atoms with E-state index < -0.39 is 6.61 Å². The molecule has 2 aromatic rings. The van der Waals surface area contributed by atoms with Gasteiger partial charge in [-0.15, -0.1) is 0 Å². The standard InChI is InChI=1S/C19H21ClF2N2O3/c1-24(11-14-5-3-4-6-15(14)20)12-18(25)23-10-13-7-8-16(27-19(21)22)17(9-13)26-2/h3-9,19H,10-12H2,1-2H3,(H,23,25)/p+1. The van der Waals surface area contributed by atoms with E-state index in [0.717, 1.165) is 10.5 Å². The molecule has 0 fully saturated rings. The van der Waals surface area contributed by atoms with Crippen molar-refractivity contribution < 1.29 is 27.9 Å². The van der Waals surface area contributed by atoms with Crippen molar-refractivity contribution in [2.24, 2.45) is 0 Å². The van der Waals surface area contributed by atoms with Crippen LogP contribution in [0.3, 0.4) is 0 Å². The van der Waals surface area contributed by atoms with Crippen LogP contribution in [0.15, 0.2) is 42.5 Å². The summed E-state index contributed by atoms with van der Waals surface area (Å²) in [5, 5.41) is 3.48. The van der Waals surface area contributed by atoms with Gasteiger partial charge in [0.05, 0.1) is 14.2 Å². The molecule has 1 unspecified atom stereocenters. The minimum absolute atomic E-state index is 0.0495. The first kappa shape index (κ1) is 20.9. The van der Waals surface area contributed by atoms with E-state index in [9.17, 15) is 13.6 Å². The summed E-state index contributed by atoms with van der Waals surface area (Å²) in [6.07, 6.45) is 0. The molecule has 5 nitrogen and oxygen atoms in total. The van der Waals surface area contributed by atoms with Crippen molar-refractivity contribution >= 4 is 17.5 Å². The Balaban J connectivity index is 1.87. The summed E-state index contributed by atoms with van der Waals surface area (Å²) in [6, 6.07) is 12.1. The summed E-state index contributed by atoms with van der Waals surface area (Å²) in [5.74, 6) is 0.00133. The Hall–Kier alpha value is -2.38. The number of likely N-dealkylation sites (N-methyl/N-ethyl adjacent to an activating group) is 1. The minimum atomic E-state index is -2.93. The minimum Gasteiger partial charge on any atom is -0.493 e. The number of benzene rings is 2. The highest BCUT2D eigenvalue weighted by molar-refractivity contribution is 6.31. The van der Waals surface area contributed by atoms with E-state index in [2.05, 4.69) is 10.1 Å². The normalized spacial score (nSPS) is 11.9. The van der Waals surface area contributed by atoms with Crippen molar-refractivity contribution in [2.45, 2.75) is 19.7 Å². The lowest BCUT2D eigenvalue weighted by atomic mass is 10.2. The number of amides is 1. The van der Waals surface area contributed by atoms with Gasteiger partial charge in [0.2, 0.25) is 0 Å². The predicted molar refractivity (Wildman–Crippen MR) is 98.4 cm³/mol. The largest absolute Gasteiger partial charge is 0.493 e. The molecule has 0 aliphatic carbocycles. The maximum atomic E-state index is 12.3. The first-order chi connectivity index (χ1) is 12.9. The Morgan fingerprint density at radius 2 is 1.96 bits per heavy atom. The van der Waals surface area contributed by atoms with E-state index in [-0.39, 0.29) is 30.5 Å². The fraction of sp³-hybridized carbons (Fsp3) is 0.316. The molecule has 1 atom stereocenters. The lowest BCUT2D eigenvalue weighted by molar-refractivity contribution is -0.885. The summed E-state index contributed by atoms with van der Waals surface area (Å²) in [4.78, 5) is 13.1. The number of rotatable bonds is 9. The molecular weight excluding hydrogens is 378 g/mol. The maximum Gasteiger partial charge on any atom is 0.387 e. The Bertz CT molecular complexity index is 774. The van der Waals surface area contributed by atoms with Gasteiger partial charge in [-0.25, -0.2) is 0 Å². The predicted octanol–water partition coefficient (Wildman–Crippen LogP) is 2.28. The van der Waals surface area contributed by atoms with Crippen LogP contribution in [0, 0.1) is 0 Å². The molecule has 0 aromatic heterocycles. The molecule has 8 heteroatoms. The summed E-state index contributed by atoms with van der Waals surface area (Å²) >= 11 is 6.14. The third kappa shape index (κ3) is 6.69. The highest BCUT2D eigenvalue weighted by Gasteiger charge is 2.14. The van der Waals surface area contributed by atoms with Gasteiger partial charge in [-0.1, -0.05) is 35.9 Å². The monoisotopic (exact) mass is 399 g/mol. The highest BCUT2D eigenvalue weighted by Crippen LogP contribution is 2.29. The second-order valence-corrected chi connectivity index (χ2v) is 6.45. The van der Waals surface area contributed by atoms with Crippen molar-refractivity contribution in [2.75, 3.05) is 20.7 Å². The molecular formula is C19H22ClF2N2O3+. The topological polar surface area (TPSA) is 52.0 Å². The van der Waals surface area contributed by atoms with Gasteiger partial charge < -0.3 is 19.7 Å². The third-order valence-electron chi connectivity index (χ3n) is 3.85. The average Bonchev–Trinajstić information content (AvgIpc) is 2.62. The molecule has 0 saturated heterocycles. The van der Waals surface area contributed by atoms with Gasteiger partial charge in [0.15, 0.2) is 18.0 Å². The van der Waals surface area contributed by atoms with Crippen molar-refractivity contribution in [3.05, 3.63) is 58.6 Å². The van der Waals surface area contributed by atoms with Crippen LogP contribution < -0.4 is 19.7 Å². The van der Waals surface area contributed by atoms with Crippen LogP contribution in [-0.2, 0) is 17.9 Å². The van der Waals surface area contributed by atoms with Gasteiger partial charge >= 0.3 is 6.61 Å². The van der Waals surface area contributed by atoms with Crippen molar-refractivity contribution in [3.63, 3.8) is 0 Å². The van der Waals surface area contributed by atoms with Crippen LogP contribution >= 0.6 is 11.6 Å². The van der Waals surface area contributed by atoms with Gasteiger partial charge in [-0.2, -0.15) is 8.78 Å². The number of ether oxygens (including phenoxy) is 2. The zero-order valence-electron chi connectivity index (χ0n) is 15.1. The van der Waals surface area contributed by atoms with Crippen LogP contribution in [0.1, 0.15) is 11.1 Å². The van der Waals surface area contributed by atoms with Crippen LogP contribution in [0.4, 0.5) is 8.78 Å². The van der Waals surface area contributed by atoms with Crippen LogP contribution in [0.2, 0.25) is 5.02 Å². The molecule has 2 N–H and O–H groups in total. The molecule has 27 heavy (non-hydrogen) atoms. The molecule has 0 heterocycles. The SMILES string of the molecule is COc1cc(CNC(=O)C[NH+](C)Cc2ccccc2Cl)ccc1OC(F)F. The Labute approximate surface area is 161 Å². The third-order valence-corrected chi connectivity index (χ3v) is 4.21. The summed E-state index contributed by atoms with van der Waals surface area (Å²) < 4.78 is 34.1. The molecule has 2 rings (SSSR count). The molecule has 146 valence electrons. The molecule has 0 saturated carbocycles. The van der Waals surface area contributed by atoms with Gasteiger partial charge in [0.25, 0.3) is 5.91 Å². The molecule has 1 amide bonds. The number of quaternary nitrogens is 1. The fourth-order valence-corrected chi connectivity index (χ4v) is 2.78. The summed E-state index contributed by atoms with van der Waals surface area (Å²) in [7, 11) is 3.27. The maximum absolute atomic E-state index is 12.3. The molecule has 0 aliphatic heterocycles. The molecule has 0 spiro atoms. The van der Waals surface area contributed by atoms with Gasteiger partial charge in [-0.05, 0) is 23.8 Å². The lowest BCUT2D eigenvalue weighted by Crippen LogP contribution is -3.08. The quantitative estimate of drug-likeness (QED) is 0.680. The van der Waals surface area contributed by atoms with Gasteiger partial charge in [0.1, 0.15) is 6.54 Å². The molecule has 0 bridgehead atoms. The van der Waals surface area contributed by atoms with E-state index in [1.807, 2.05) is 31.3 Å². The second kappa shape index (κ2) is 10.1. The smallest absolute Gasteiger partial charge is 0.387 e. The summed E-state index contributed by atoms with van der Waals surface area (Å²) in [5.41, 5.74) is 1.69. The van der Waals surface area contributed by atoms with Crippen LogP contribution in [0.5, 0.6) is 11.5 Å². The van der Waals surface area contributed by atoms with Gasteiger partial charge in [0, 0.05) is 17.1 Å². The number of halogens is 3. The van der Waals surface area contributed by atoms with Gasteiger partial charge in [-0.3, -0.25) is 4.79 Å². The average molecular weight is 400 g/mol. The zero-order valence-corrected chi connectivity index (χ0v) is 15.9. The van der Waals surface area contributed by atoms with Crippen molar-refractivity contribution in [1.82, 2.24) is 5.32 Å². The zero-order chi connectivity index (χ0) is 19.8. The van der Waals surface area contributed by atoms with Crippen LogP contribution in [-0.4, -0.2) is 33.2 Å². The van der Waals surface area contributed by atoms with E-state index in [1.165, 1.54) is 13.2 Å². The molecule has 2 aromatic carbocycles. The number of nitrogens with one attached hydrogen (secondary N) is 2. The first-order valence-corrected chi connectivity index (χ1v) is 8.70. The van der Waals surface area contributed by atoms with E-state index in [4.69, 9.17) is 16.3 Å². The molecule has 0 radical (unpaired) electrons. The number of hydrogen-bond acceptors (Lipinski definition) is 3. The fourth-order valence-electron chi connectivity index (χ4n) is 2.58. The number of carbonyl (C=O) groups is 1. The second-order valence-electron chi connectivity index (χ2n) is 6.04. The van der Waals surface area contributed by atoms with E-state index >= 15 is 0 Å². The van der Waals surface area contributed by atoms with Crippen molar-refractivity contribution in [1.29, 1.82) is 0 Å². The summed E-state index contributed by atoms with van der Waals surface area (Å²) in [6.45, 7) is -1.78. The lowest BCUT2D eigenvalue weighted by Gasteiger charge is -2.15. The Morgan fingerprint density at radius 1 is 1.22 bits per heavy atom. The molecule has 0 aliphatic rings. The first-order valence-electron chi connectivity index (χ1n) is 8.32. The Morgan fingerprint density at radius 3 is 2.63 bits per heavy atom. The number of methoxy groups -OCH3 is 1. The highest BCUT2D eigenvalue weighted by atomic mass is 35.5. The number of carbonyl (C=O) groups excluding carboxylic acids is 1. The van der Waals surface area contributed by atoms with E-state index in [1.54, 1.807) is 12.1 Å². The van der Waals surface area contributed by atoms with E-state index in [0.29, 0.717) is 17.1 Å². The number of alkyl halides is 2. The Kier molecular flexibility index (Phi) is 7.82. The van der Waals surface area contributed by atoms with Crippen LogP contribution in [0.25, 0.3) is 0 Å². The number of hydrogen-bond donors (Lipinski definition) is 2. The van der Waals surface area contributed by atoms with Crippen molar-refractivity contribution in [3.8, 4) is 11.5 Å².